The van der Waals surface area contributed by atoms with Gasteiger partial charge in [0.15, 0.2) is 0 Å². The second-order valence-corrected chi connectivity index (χ2v) is 5.57. The molecule has 1 aliphatic rings. The Bertz CT molecular complexity index is 431. The Morgan fingerprint density at radius 1 is 1.47 bits per heavy atom. The lowest BCUT2D eigenvalue weighted by Gasteiger charge is -2.31. The number of hydrogen-bond acceptors (Lipinski definition) is 2. The van der Waals surface area contributed by atoms with Gasteiger partial charge in [0.1, 0.15) is 0 Å². The van der Waals surface area contributed by atoms with Crippen LogP contribution in [0, 0.1) is 12.8 Å². The van der Waals surface area contributed by atoms with Gasteiger partial charge in [-0.1, -0.05) is 25.5 Å². The van der Waals surface area contributed by atoms with Gasteiger partial charge in [0.25, 0.3) is 0 Å². The number of amides is 1. The minimum absolute atomic E-state index is 0.0994. The number of carbonyl (C=O) groups is 1. The Balaban J connectivity index is 1.84. The van der Waals surface area contributed by atoms with Gasteiger partial charge in [-0.25, -0.2) is 0 Å². The van der Waals surface area contributed by atoms with Gasteiger partial charge in [0, 0.05) is 12.2 Å². The van der Waals surface area contributed by atoms with E-state index in [9.17, 15) is 4.79 Å². The molecule has 0 bridgehead atoms. The fourth-order valence-corrected chi connectivity index (χ4v) is 2.75. The van der Waals surface area contributed by atoms with E-state index in [4.69, 9.17) is 0 Å². The molecule has 1 aromatic carbocycles. The van der Waals surface area contributed by atoms with Crippen LogP contribution in [0.5, 0.6) is 0 Å². The number of anilines is 1. The van der Waals surface area contributed by atoms with Gasteiger partial charge in [-0.2, -0.15) is 0 Å². The molecule has 1 N–H and O–H groups in total. The van der Waals surface area contributed by atoms with Crippen molar-refractivity contribution in [1.29, 1.82) is 0 Å². The molecular weight excluding hydrogens is 236 g/mol. The lowest BCUT2D eigenvalue weighted by Crippen LogP contribution is -2.40. The molecule has 1 amide bonds. The Labute approximate surface area is 116 Å². The van der Waals surface area contributed by atoms with E-state index in [0.717, 1.165) is 24.7 Å². The zero-order valence-corrected chi connectivity index (χ0v) is 12.0. The van der Waals surface area contributed by atoms with Crippen molar-refractivity contribution in [1.82, 2.24) is 4.90 Å². The molecular formula is C16H24N2O. The monoisotopic (exact) mass is 260 g/mol. The van der Waals surface area contributed by atoms with Crippen LogP contribution in [0.4, 0.5) is 5.69 Å². The first-order valence-corrected chi connectivity index (χ1v) is 7.26. The van der Waals surface area contributed by atoms with Gasteiger partial charge in [0.05, 0.1) is 6.54 Å². The van der Waals surface area contributed by atoms with E-state index in [1.807, 2.05) is 31.2 Å². The number of rotatable bonds is 4. The molecule has 0 aromatic heterocycles. The largest absolute Gasteiger partial charge is 0.325 e. The van der Waals surface area contributed by atoms with Crippen molar-refractivity contribution >= 4 is 11.6 Å². The van der Waals surface area contributed by atoms with Crippen molar-refractivity contribution in [3.63, 3.8) is 0 Å². The fourth-order valence-electron chi connectivity index (χ4n) is 2.75. The summed E-state index contributed by atoms with van der Waals surface area (Å²) in [6.07, 6.45) is 3.75. The minimum atomic E-state index is 0.0994. The Kier molecular flexibility index (Phi) is 4.97. The Morgan fingerprint density at radius 2 is 2.32 bits per heavy atom. The molecule has 104 valence electrons. The van der Waals surface area contributed by atoms with E-state index in [-0.39, 0.29) is 5.91 Å². The van der Waals surface area contributed by atoms with E-state index in [2.05, 4.69) is 17.1 Å². The molecule has 1 fully saturated rings. The van der Waals surface area contributed by atoms with Gasteiger partial charge < -0.3 is 5.32 Å². The molecule has 3 heteroatoms. The average molecular weight is 260 g/mol. The lowest BCUT2D eigenvalue weighted by molar-refractivity contribution is -0.117. The molecule has 1 atom stereocenters. The third-order valence-corrected chi connectivity index (χ3v) is 3.85. The molecule has 0 saturated carbocycles. The number of nitrogens with zero attached hydrogens (tertiary/aromatic N) is 1. The highest BCUT2D eigenvalue weighted by atomic mass is 16.2. The topological polar surface area (TPSA) is 32.3 Å². The van der Waals surface area contributed by atoms with Crippen molar-refractivity contribution in [3.05, 3.63) is 29.8 Å². The molecule has 1 aromatic rings. The van der Waals surface area contributed by atoms with E-state index < -0.39 is 0 Å². The van der Waals surface area contributed by atoms with Crippen molar-refractivity contribution in [2.45, 2.75) is 33.1 Å². The number of nitrogens with one attached hydrogen (secondary N) is 1. The number of carbonyl (C=O) groups excluding carboxylic acids is 1. The number of aryl methyl sites for hydroxylation is 1. The predicted molar refractivity (Wildman–Crippen MR) is 79.3 cm³/mol. The number of benzene rings is 1. The first kappa shape index (κ1) is 14.1. The molecule has 0 radical (unpaired) electrons. The highest BCUT2D eigenvalue weighted by Crippen LogP contribution is 2.19. The van der Waals surface area contributed by atoms with Gasteiger partial charge >= 0.3 is 0 Å². The summed E-state index contributed by atoms with van der Waals surface area (Å²) in [6.45, 7) is 6.91. The van der Waals surface area contributed by atoms with E-state index in [1.165, 1.54) is 24.8 Å². The van der Waals surface area contributed by atoms with E-state index in [1.54, 1.807) is 0 Å². The van der Waals surface area contributed by atoms with Crippen molar-refractivity contribution in [2.24, 2.45) is 5.92 Å². The second-order valence-electron chi connectivity index (χ2n) is 5.57. The van der Waals surface area contributed by atoms with Crippen molar-refractivity contribution in [3.8, 4) is 0 Å². The summed E-state index contributed by atoms with van der Waals surface area (Å²) < 4.78 is 0. The Hall–Kier alpha value is -1.35. The summed E-state index contributed by atoms with van der Waals surface area (Å²) in [6, 6.07) is 7.95. The van der Waals surface area contributed by atoms with Crippen LogP contribution in [-0.4, -0.2) is 30.4 Å². The van der Waals surface area contributed by atoms with Gasteiger partial charge in [0.2, 0.25) is 5.91 Å². The summed E-state index contributed by atoms with van der Waals surface area (Å²) in [4.78, 5) is 14.3. The van der Waals surface area contributed by atoms with Crippen LogP contribution < -0.4 is 5.32 Å². The maximum Gasteiger partial charge on any atom is 0.238 e. The van der Waals surface area contributed by atoms with Gasteiger partial charge in [-0.15, -0.1) is 0 Å². The van der Waals surface area contributed by atoms with Crippen LogP contribution in [0.1, 0.15) is 31.7 Å². The molecule has 0 aliphatic carbocycles. The summed E-state index contributed by atoms with van der Waals surface area (Å²) in [5, 5.41) is 2.98. The maximum absolute atomic E-state index is 12.0. The molecule has 1 saturated heterocycles. The van der Waals surface area contributed by atoms with E-state index in [0.29, 0.717) is 6.54 Å². The van der Waals surface area contributed by atoms with Crippen LogP contribution in [0.15, 0.2) is 24.3 Å². The molecule has 1 unspecified atom stereocenters. The van der Waals surface area contributed by atoms with Crippen LogP contribution in [0.25, 0.3) is 0 Å². The minimum Gasteiger partial charge on any atom is -0.325 e. The molecule has 2 rings (SSSR count). The second kappa shape index (κ2) is 6.71. The molecule has 0 spiro atoms. The average Bonchev–Trinajstić information content (AvgIpc) is 2.38. The van der Waals surface area contributed by atoms with Crippen LogP contribution in [0.2, 0.25) is 0 Å². The zero-order chi connectivity index (χ0) is 13.7. The first-order valence-electron chi connectivity index (χ1n) is 7.26. The molecule has 1 aliphatic heterocycles. The summed E-state index contributed by atoms with van der Waals surface area (Å²) in [5.41, 5.74) is 2.07. The summed E-state index contributed by atoms with van der Waals surface area (Å²) in [7, 11) is 0. The normalized spacial score (nSPS) is 20.2. The highest BCUT2D eigenvalue weighted by molar-refractivity contribution is 5.92. The third-order valence-electron chi connectivity index (χ3n) is 3.85. The van der Waals surface area contributed by atoms with E-state index >= 15 is 0 Å². The molecule has 3 nitrogen and oxygen atoms in total. The number of piperidine rings is 1. The fraction of sp³-hybridized carbons (Fsp3) is 0.562. The summed E-state index contributed by atoms with van der Waals surface area (Å²) >= 11 is 0. The highest BCUT2D eigenvalue weighted by Gasteiger charge is 2.20. The summed E-state index contributed by atoms with van der Waals surface area (Å²) in [5.74, 6) is 0.864. The van der Waals surface area contributed by atoms with Gasteiger partial charge in [-0.3, -0.25) is 9.69 Å². The smallest absolute Gasteiger partial charge is 0.238 e. The molecule has 1 heterocycles. The Morgan fingerprint density at radius 3 is 3.05 bits per heavy atom. The quantitative estimate of drug-likeness (QED) is 0.902. The lowest BCUT2D eigenvalue weighted by atomic mass is 9.96. The SMILES string of the molecule is CCC1CCCN(CC(=O)Nc2cccc(C)c2)C1. The zero-order valence-electron chi connectivity index (χ0n) is 12.0. The first-order chi connectivity index (χ1) is 9.17. The van der Waals surface area contributed by atoms with Crippen LogP contribution in [0.3, 0.4) is 0 Å². The predicted octanol–water partition coefficient (Wildman–Crippen LogP) is 3.06. The van der Waals surface area contributed by atoms with Crippen LogP contribution >= 0.6 is 0 Å². The van der Waals surface area contributed by atoms with Crippen LogP contribution in [-0.2, 0) is 4.79 Å². The maximum atomic E-state index is 12.0. The number of hydrogen-bond donors (Lipinski definition) is 1. The standard InChI is InChI=1S/C16H24N2O/c1-3-14-7-5-9-18(11-14)12-16(19)17-15-8-4-6-13(2)10-15/h4,6,8,10,14H,3,5,7,9,11-12H2,1-2H3,(H,17,19). The van der Waals surface area contributed by atoms with Gasteiger partial charge in [-0.05, 0) is 49.9 Å². The van der Waals surface area contributed by atoms with Crippen molar-refractivity contribution < 1.29 is 4.79 Å². The number of likely N-dealkylation sites (tertiary alicyclic amines) is 1. The van der Waals surface area contributed by atoms with Crippen molar-refractivity contribution in [2.75, 3.05) is 25.0 Å². The third kappa shape index (κ3) is 4.35. The molecule has 19 heavy (non-hydrogen) atoms.